The van der Waals surface area contributed by atoms with Gasteiger partial charge in [-0.25, -0.2) is 0 Å². The number of phenolic OH excluding ortho intramolecular Hbond substituents is 1. The Bertz CT molecular complexity index is 2350. The Morgan fingerprint density at radius 1 is 0.557 bits per heavy atom. The third-order valence-electron chi connectivity index (χ3n) is 11.1. The molecule has 0 unspecified atom stereocenters. The van der Waals surface area contributed by atoms with Crippen LogP contribution in [0.4, 0.5) is 0 Å². The molecule has 21 N–H and O–H groups in total. The maximum atomic E-state index is 13.7. The number of phenols is 1. The molecule has 0 aliphatic heterocycles. The predicted molar refractivity (Wildman–Crippen MR) is 293 cm³/mol. The smallest absolute Gasteiger partial charge is 0.322 e. The monoisotopic (exact) mass is 1170 g/mol. The lowest BCUT2D eigenvalue weighted by molar-refractivity contribution is -0.138. The maximum absolute atomic E-state index is 13.7. The van der Waals surface area contributed by atoms with E-state index in [-0.39, 0.29) is 61.3 Å². The van der Waals surface area contributed by atoms with Crippen LogP contribution in [-0.2, 0) is 68.7 Å². The Labute approximate surface area is 470 Å². The Balaban J connectivity index is 3.18. The first-order chi connectivity index (χ1) is 37.2. The van der Waals surface area contributed by atoms with Gasteiger partial charge < -0.3 is 91.6 Å². The molecule has 34 heteroatoms. The molecule has 0 fully saturated rings. The van der Waals surface area contributed by atoms with E-state index in [2.05, 4.69) is 101 Å². The lowest BCUT2D eigenvalue weighted by Gasteiger charge is -2.28. The molecule has 0 heterocycles. The number of aromatic hydroxyl groups is 1. The number of nitrogens with one attached hydrogen (secondary N) is 11. The number of hydrogen-bond acceptors (Lipinski definition) is 19. The van der Waals surface area contributed by atoms with Crippen LogP contribution in [-0.4, -0.2) is 191 Å². The van der Waals surface area contributed by atoms with Crippen LogP contribution in [0.5, 0.6) is 5.75 Å². The first kappa shape index (κ1) is 69.4. The fourth-order valence-electron chi connectivity index (χ4n) is 6.62. The summed E-state index contributed by atoms with van der Waals surface area (Å²) in [5.74, 6) is -14.1. The van der Waals surface area contributed by atoms with Gasteiger partial charge in [0.05, 0.1) is 26.1 Å². The van der Waals surface area contributed by atoms with E-state index >= 15 is 0 Å². The van der Waals surface area contributed by atoms with E-state index in [4.69, 9.17) is 28.0 Å². The Kier molecular flexibility index (Phi) is 32.1. The number of rotatable bonds is 36. The van der Waals surface area contributed by atoms with Crippen molar-refractivity contribution in [1.29, 1.82) is 0 Å². The molecule has 440 valence electrons. The number of hydrogen-bond donors (Lipinski definition) is 20. The third-order valence-corrected chi connectivity index (χ3v) is 12.2. The third kappa shape index (κ3) is 27.0. The number of nitrogens with zero attached hydrogens (tertiary/aromatic N) is 1. The van der Waals surface area contributed by atoms with Gasteiger partial charge in [0.1, 0.15) is 60.6 Å². The summed E-state index contributed by atoms with van der Waals surface area (Å²) < 4.78 is 0. The normalized spacial score (nSPS) is 14.1. The summed E-state index contributed by atoms with van der Waals surface area (Å²) in [7, 11) is 0. The number of aliphatic carboxylic acids is 1. The highest BCUT2D eigenvalue weighted by Gasteiger charge is 2.34. The minimum atomic E-state index is -1.73. The molecule has 0 aliphatic carbocycles. The molecule has 1 rings (SSSR count). The highest BCUT2D eigenvalue weighted by molar-refractivity contribution is 7.80. The van der Waals surface area contributed by atoms with Crippen LogP contribution < -0.4 is 81.4 Å². The van der Waals surface area contributed by atoms with E-state index in [0.717, 1.165) is 0 Å². The SMILES string of the molecule is CC[C@H](C)[C@H](NC(=O)[C@H](CS)NC(=O)[C@H](C)NC(=O)CN)C(=O)N[C@@H](CS)C(=O)N[C@@H](CCCN=C(N)N)C(=O)NCC(=O)N[C@@H](CC(N)=O)C(=O)NCC(=O)N[C@@H](Cc1ccc(O)cc1)C(=O)N[C@@H](CS)C(=O)NCC(=O)O. The average molecular weight is 1170 g/mol. The van der Waals surface area contributed by atoms with Crippen molar-refractivity contribution >= 4 is 121 Å². The lowest BCUT2D eigenvalue weighted by Crippen LogP contribution is -2.61. The number of carboxylic acids is 1. The Morgan fingerprint density at radius 2 is 1.01 bits per heavy atom. The molecule has 0 radical (unpaired) electrons. The van der Waals surface area contributed by atoms with Crippen LogP contribution in [0.3, 0.4) is 0 Å². The van der Waals surface area contributed by atoms with E-state index in [1.54, 1.807) is 13.8 Å². The predicted octanol–water partition coefficient (Wildman–Crippen LogP) is -8.01. The highest BCUT2D eigenvalue weighted by atomic mass is 32.1. The summed E-state index contributed by atoms with van der Waals surface area (Å²) in [6.07, 6.45) is -0.739. The van der Waals surface area contributed by atoms with Crippen molar-refractivity contribution < 1.29 is 72.5 Å². The number of carbonyl (C=O) groups is 13. The number of guanidine groups is 1. The number of aliphatic imine (C=N–C) groups is 1. The fourth-order valence-corrected chi connectivity index (χ4v) is 7.40. The molecule has 79 heavy (non-hydrogen) atoms. The molecule has 0 saturated carbocycles. The largest absolute Gasteiger partial charge is 0.508 e. The van der Waals surface area contributed by atoms with Gasteiger partial charge in [0.15, 0.2) is 5.96 Å². The molecule has 1 aromatic carbocycles. The molecule has 0 saturated heterocycles. The fraction of sp³-hybridized carbons (Fsp3) is 0.556. The number of amides is 12. The van der Waals surface area contributed by atoms with Crippen molar-refractivity contribution in [2.45, 2.75) is 101 Å². The van der Waals surface area contributed by atoms with Crippen LogP contribution >= 0.6 is 37.9 Å². The zero-order chi connectivity index (χ0) is 59.9. The molecule has 0 aromatic heterocycles. The van der Waals surface area contributed by atoms with Crippen molar-refractivity contribution in [1.82, 2.24) is 58.5 Å². The Hall–Kier alpha value is -7.59. The molecule has 0 spiro atoms. The second kappa shape index (κ2) is 36.5. The van der Waals surface area contributed by atoms with E-state index < -0.39 is 157 Å². The summed E-state index contributed by atoms with van der Waals surface area (Å²) in [6.45, 7) is 1.85. The van der Waals surface area contributed by atoms with Crippen LogP contribution in [0.1, 0.15) is 52.0 Å². The van der Waals surface area contributed by atoms with Gasteiger partial charge in [0.25, 0.3) is 0 Å². The first-order valence-corrected chi connectivity index (χ1v) is 26.2. The highest BCUT2D eigenvalue weighted by Crippen LogP contribution is 2.13. The van der Waals surface area contributed by atoms with Gasteiger partial charge in [-0.1, -0.05) is 32.4 Å². The van der Waals surface area contributed by atoms with Gasteiger partial charge in [-0.2, -0.15) is 37.9 Å². The van der Waals surface area contributed by atoms with Gasteiger partial charge in [-0.3, -0.25) is 67.3 Å². The van der Waals surface area contributed by atoms with Crippen LogP contribution in [0.25, 0.3) is 0 Å². The molecule has 12 amide bonds. The summed E-state index contributed by atoms with van der Waals surface area (Å²) in [5.41, 5.74) is 21.9. The first-order valence-electron chi connectivity index (χ1n) is 24.3. The molecular formula is C45H72N16O15S3. The minimum absolute atomic E-state index is 0.0138. The van der Waals surface area contributed by atoms with E-state index in [1.165, 1.54) is 31.2 Å². The number of carbonyl (C=O) groups excluding carboxylic acids is 12. The van der Waals surface area contributed by atoms with E-state index in [9.17, 15) is 67.4 Å². The average Bonchev–Trinajstić information content (AvgIpc) is 3.40. The van der Waals surface area contributed by atoms with Gasteiger partial charge in [-0.05, 0) is 43.4 Å². The second-order valence-corrected chi connectivity index (χ2v) is 18.5. The van der Waals surface area contributed by atoms with Crippen LogP contribution in [0.15, 0.2) is 29.3 Å². The Morgan fingerprint density at radius 3 is 1.52 bits per heavy atom. The van der Waals surface area contributed by atoms with Gasteiger partial charge in [0, 0.05) is 30.2 Å². The summed E-state index contributed by atoms with van der Waals surface area (Å²) in [6, 6.07) is -5.52. The van der Waals surface area contributed by atoms with E-state index in [1.807, 2.05) is 0 Å². The topological polar surface area (TPSA) is 511 Å². The molecule has 31 nitrogen and oxygen atoms in total. The van der Waals surface area contributed by atoms with Crippen molar-refractivity contribution in [3.05, 3.63) is 29.8 Å². The number of nitrogens with two attached hydrogens (primary N) is 4. The molecule has 1 aromatic rings. The van der Waals surface area contributed by atoms with Crippen LogP contribution in [0.2, 0.25) is 0 Å². The summed E-state index contributed by atoms with van der Waals surface area (Å²) in [4.78, 5) is 171. The number of thiol groups is 3. The van der Waals surface area contributed by atoms with Crippen LogP contribution in [0, 0.1) is 5.92 Å². The molecule has 0 aliphatic rings. The van der Waals surface area contributed by atoms with Crippen molar-refractivity contribution in [3.63, 3.8) is 0 Å². The molecule has 0 bridgehead atoms. The summed E-state index contributed by atoms with van der Waals surface area (Å²) >= 11 is 12.4. The number of benzene rings is 1. The lowest BCUT2D eigenvalue weighted by atomic mass is 9.97. The summed E-state index contributed by atoms with van der Waals surface area (Å²) in [5, 5.41) is 44.5. The van der Waals surface area contributed by atoms with Crippen molar-refractivity contribution in [2.75, 3.05) is 50.0 Å². The number of carboxylic acid groups (broad SMARTS) is 1. The zero-order valence-corrected chi connectivity index (χ0v) is 46.2. The van der Waals surface area contributed by atoms with E-state index in [0.29, 0.717) is 12.0 Å². The second-order valence-electron chi connectivity index (χ2n) is 17.4. The minimum Gasteiger partial charge on any atom is -0.508 e. The molecule has 9 atom stereocenters. The van der Waals surface area contributed by atoms with Gasteiger partial charge in [-0.15, -0.1) is 0 Å². The van der Waals surface area contributed by atoms with Gasteiger partial charge >= 0.3 is 5.97 Å². The quantitative estimate of drug-likeness (QED) is 0.0128. The van der Waals surface area contributed by atoms with Crippen molar-refractivity contribution in [3.8, 4) is 5.75 Å². The van der Waals surface area contributed by atoms with Gasteiger partial charge in [0.2, 0.25) is 70.9 Å². The number of primary amides is 1. The maximum Gasteiger partial charge on any atom is 0.322 e. The zero-order valence-electron chi connectivity index (χ0n) is 43.5. The standard InChI is InChI=1S/C45H72N16O15S3/c1-4-21(2)36(61-43(75)30(20-79)58-37(69)22(3)54-32(64)14-46)44(76)60-29(19-78)42(74)57-25(6-5-11-50-45(48)49)38(70)51-15-34(66)56-27(13-31(47)63)39(71)52-16-33(65)55-26(12-23-7-9-24(62)10-8-23)41(73)59-28(18-77)40(72)53-17-35(67)68/h7-10,21-22,25-30,36,62,77-79H,4-6,11-20,46H2,1-3H3,(H2,47,63)(H,51,70)(H,52,71)(H,53,72)(H,54,64)(H,55,65)(H,56,66)(H,57,74)(H,58,69)(H,59,73)(H,60,76)(H,61,75)(H,67,68)(H4,48,49,50)/t21-,22-,25-,26-,27-,28-,29-,30-,36-/m0/s1. The van der Waals surface area contributed by atoms with Crippen molar-refractivity contribution in [2.24, 2.45) is 33.8 Å². The molecular weight excluding hydrogens is 1100 g/mol.